The summed E-state index contributed by atoms with van der Waals surface area (Å²) < 4.78 is 67.6. The van der Waals surface area contributed by atoms with Gasteiger partial charge in [-0.3, -0.25) is 9.48 Å². The number of aromatic hydroxyl groups is 1. The normalized spacial score (nSPS) is 11.5. The van der Waals surface area contributed by atoms with E-state index in [-0.39, 0.29) is 23.7 Å². The average molecular weight is 397 g/mol. The molecule has 0 unspecified atom stereocenters. The smallest absolute Gasteiger partial charge is 0.416 e. The lowest BCUT2D eigenvalue weighted by Crippen LogP contribution is -2.16. The van der Waals surface area contributed by atoms with Crippen LogP contribution in [0.2, 0.25) is 0 Å². The van der Waals surface area contributed by atoms with Crippen LogP contribution < -0.4 is 5.32 Å². The molecule has 1 heterocycles. The summed E-state index contributed by atoms with van der Waals surface area (Å²) in [6, 6.07) is 6.81. The lowest BCUT2D eigenvalue weighted by Gasteiger charge is -2.13. The molecule has 0 saturated heterocycles. The molecule has 0 radical (unpaired) electrons. The van der Waals surface area contributed by atoms with Crippen LogP contribution in [0.4, 0.5) is 27.8 Å². The van der Waals surface area contributed by atoms with Crippen molar-refractivity contribution in [1.82, 2.24) is 9.78 Å². The number of rotatable bonds is 4. The Kier molecular flexibility index (Phi) is 5.04. The maximum atomic E-state index is 13.6. The van der Waals surface area contributed by atoms with Crippen molar-refractivity contribution in [2.75, 3.05) is 5.32 Å². The first-order chi connectivity index (χ1) is 13.1. The van der Waals surface area contributed by atoms with Gasteiger partial charge in [0.15, 0.2) is 5.82 Å². The monoisotopic (exact) mass is 397 g/mol. The fraction of sp³-hybridized carbons (Fsp3) is 0.111. The van der Waals surface area contributed by atoms with Crippen LogP contribution in [0.25, 0.3) is 0 Å². The number of halogens is 5. The molecule has 0 aliphatic carbocycles. The van der Waals surface area contributed by atoms with Gasteiger partial charge in [0.1, 0.15) is 22.9 Å². The van der Waals surface area contributed by atoms with Gasteiger partial charge >= 0.3 is 6.18 Å². The molecule has 3 aromatic rings. The predicted octanol–water partition coefficient (Wildman–Crippen LogP) is 4.19. The summed E-state index contributed by atoms with van der Waals surface area (Å²) in [5.41, 5.74) is -1.99. The number of carbonyl (C=O) groups is 1. The number of aromatic nitrogens is 2. The fourth-order valence-electron chi connectivity index (χ4n) is 2.57. The summed E-state index contributed by atoms with van der Waals surface area (Å²) in [6.45, 7) is -0.354. The van der Waals surface area contributed by atoms with E-state index in [1.807, 2.05) is 0 Å². The van der Waals surface area contributed by atoms with Crippen molar-refractivity contribution < 1.29 is 31.9 Å². The molecule has 5 nitrogen and oxygen atoms in total. The molecule has 28 heavy (non-hydrogen) atoms. The standard InChI is InChI=1S/C18H12F5N3O2/c19-13-2-1-3-14(20)16(13)17(28)24-15-6-7-26(25-15)9-10-8-11(27)4-5-12(10)18(21,22)23/h1-8,27H,9H2,(H,24,25,28). The number of hydrogen-bond acceptors (Lipinski definition) is 3. The number of amides is 1. The number of nitrogens with one attached hydrogen (secondary N) is 1. The van der Waals surface area contributed by atoms with Crippen LogP contribution in [0.3, 0.4) is 0 Å². The van der Waals surface area contributed by atoms with Crippen molar-refractivity contribution in [1.29, 1.82) is 0 Å². The molecular formula is C18H12F5N3O2. The highest BCUT2D eigenvalue weighted by atomic mass is 19.4. The minimum atomic E-state index is -4.63. The Morgan fingerprint density at radius 3 is 2.43 bits per heavy atom. The average Bonchev–Trinajstić information content (AvgIpc) is 3.00. The van der Waals surface area contributed by atoms with Gasteiger partial charge in [-0.2, -0.15) is 18.3 Å². The van der Waals surface area contributed by atoms with Gasteiger partial charge in [0.05, 0.1) is 12.1 Å². The molecule has 0 fully saturated rings. The molecule has 146 valence electrons. The quantitative estimate of drug-likeness (QED) is 0.649. The van der Waals surface area contributed by atoms with Gasteiger partial charge in [0, 0.05) is 12.3 Å². The molecule has 2 aromatic carbocycles. The zero-order valence-electron chi connectivity index (χ0n) is 14.0. The van der Waals surface area contributed by atoms with Crippen molar-refractivity contribution in [3.8, 4) is 5.75 Å². The third kappa shape index (κ3) is 4.11. The molecular weight excluding hydrogens is 385 g/mol. The fourth-order valence-corrected chi connectivity index (χ4v) is 2.57. The molecule has 1 aromatic heterocycles. The Morgan fingerprint density at radius 1 is 1.11 bits per heavy atom. The van der Waals surface area contributed by atoms with Crippen molar-refractivity contribution in [3.05, 3.63) is 77.0 Å². The number of anilines is 1. The Balaban J connectivity index is 1.81. The Bertz CT molecular complexity index is 1010. The number of phenolic OH excluding ortho intramolecular Hbond substituents is 1. The van der Waals surface area contributed by atoms with E-state index in [0.29, 0.717) is 0 Å². The van der Waals surface area contributed by atoms with E-state index >= 15 is 0 Å². The molecule has 0 aliphatic rings. The van der Waals surface area contributed by atoms with E-state index in [0.717, 1.165) is 41.1 Å². The van der Waals surface area contributed by atoms with E-state index in [1.165, 1.54) is 12.3 Å². The summed E-state index contributed by atoms with van der Waals surface area (Å²) in [6.07, 6.45) is -3.35. The van der Waals surface area contributed by atoms with Gasteiger partial charge in [-0.25, -0.2) is 8.78 Å². The van der Waals surface area contributed by atoms with E-state index in [4.69, 9.17) is 0 Å². The maximum absolute atomic E-state index is 13.6. The summed E-state index contributed by atoms with van der Waals surface area (Å²) in [7, 11) is 0. The first-order valence-corrected chi connectivity index (χ1v) is 7.83. The molecule has 0 spiro atoms. The third-order valence-corrected chi connectivity index (χ3v) is 3.80. The number of phenols is 1. The lowest BCUT2D eigenvalue weighted by atomic mass is 10.1. The first-order valence-electron chi connectivity index (χ1n) is 7.83. The number of alkyl halides is 3. The third-order valence-electron chi connectivity index (χ3n) is 3.80. The second kappa shape index (κ2) is 7.29. The summed E-state index contributed by atoms with van der Waals surface area (Å²) >= 11 is 0. The molecule has 3 rings (SSSR count). The maximum Gasteiger partial charge on any atom is 0.416 e. The van der Waals surface area contributed by atoms with Gasteiger partial charge in [0.25, 0.3) is 5.91 Å². The Morgan fingerprint density at radius 2 is 1.79 bits per heavy atom. The highest BCUT2D eigenvalue weighted by Gasteiger charge is 2.33. The first kappa shape index (κ1) is 19.3. The second-order valence-corrected chi connectivity index (χ2v) is 5.79. The predicted molar refractivity (Wildman–Crippen MR) is 88.7 cm³/mol. The SMILES string of the molecule is O=C(Nc1ccn(Cc2cc(O)ccc2C(F)(F)F)n1)c1c(F)cccc1F. The van der Waals surface area contributed by atoms with Crippen molar-refractivity contribution in [2.45, 2.75) is 12.7 Å². The van der Waals surface area contributed by atoms with Crippen LogP contribution in [0.1, 0.15) is 21.5 Å². The molecule has 0 aliphatic heterocycles. The van der Waals surface area contributed by atoms with Crippen LogP contribution in [0.5, 0.6) is 5.75 Å². The van der Waals surface area contributed by atoms with Crippen LogP contribution in [0.15, 0.2) is 48.7 Å². The zero-order chi connectivity index (χ0) is 20.5. The number of nitrogens with zero attached hydrogens (tertiary/aromatic N) is 2. The van der Waals surface area contributed by atoms with Crippen molar-refractivity contribution >= 4 is 11.7 Å². The largest absolute Gasteiger partial charge is 0.508 e. The highest BCUT2D eigenvalue weighted by Crippen LogP contribution is 2.34. The molecule has 10 heteroatoms. The Labute approximate surface area is 155 Å². The van der Waals surface area contributed by atoms with Gasteiger partial charge in [-0.1, -0.05) is 6.07 Å². The number of hydrogen-bond donors (Lipinski definition) is 2. The van der Waals surface area contributed by atoms with Crippen molar-refractivity contribution in [2.24, 2.45) is 0 Å². The van der Waals surface area contributed by atoms with E-state index in [1.54, 1.807) is 0 Å². The van der Waals surface area contributed by atoms with Crippen LogP contribution in [0, 0.1) is 11.6 Å². The molecule has 0 atom stereocenters. The van der Waals surface area contributed by atoms with Crippen LogP contribution in [-0.4, -0.2) is 20.8 Å². The molecule has 0 saturated carbocycles. The van der Waals surface area contributed by atoms with E-state index in [9.17, 15) is 31.9 Å². The Hall–Kier alpha value is -3.43. The van der Waals surface area contributed by atoms with Gasteiger partial charge in [-0.05, 0) is 35.9 Å². The zero-order valence-corrected chi connectivity index (χ0v) is 14.0. The molecule has 2 N–H and O–H groups in total. The molecule has 0 bridgehead atoms. The van der Waals surface area contributed by atoms with Gasteiger partial charge < -0.3 is 10.4 Å². The van der Waals surface area contributed by atoms with E-state index in [2.05, 4.69) is 10.4 Å². The number of carbonyl (C=O) groups excluding carboxylic acids is 1. The summed E-state index contributed by atoms with van der Waals surface area (Å²) in [5.74, 6) is -3.67. The topological polar surface area (TPSA) is 67.2 Å². The minimum absolute atomic E-state index is 0.110. The lowest BCUT2D eigenvalue weighted by molar-refractivity contribution is -0.138. The van der Waals surface area contributed by atoms with Gasteiger partial charge in [-0.15, -0.1) is 0 Å². The van der Waals surface area contributed by atoms with Crippen LogP contribution in [-0.2, 0) is 12.7 Å². The number of benzene rings is 2. The van der Waals surface area contributed by atoms with Gasteiger partial charge in [0.2, 0.25) is 0 Å². The summed E-state index contributed by atoms with van der Waals surface area (Å²) in [4.78, 5) is 12.0. The second-order valence-electron chi connectivity index (χ2n) is 5.79. The highest BCUT2D eigenvalue weighted by molar-refractivity contribution is 6.04. The molecule has 1 amide bonds. The minimum Gasteiger partial charge on any atom is -0.508 e. The van der Waals surface area contributed by atoms with Crippen LogP contribution >= 0.6 is 0 Å². The van der Waals surface area contributed by atoms with E-state index < -0.39 is 34.8 Å². The van der Waals surface area contributed by atoms with Crippen molar-refractivity contribution in [3.63, 3.8) is 0 Å². The summed E-state index contributed by atoms with van der Waals surface area (Å²) in [5, 5.41) is 15.5.